The van der Waals surface area contributed by atoms with Crippen molar-refractivity contribution in [2.45, 2.75) is 13.8 Å². The Morgan fingerprint density at radius 1 is 1.16 bits per heavy atom. The van der Waals surface area contributed by atoms with Crippen LogP contribution < -0.4 is 5.43 Å². The zero-order valence-corrected chi connectivity index (χ0v) is 13.9. The lowest BCUT2D eigenvalue weighted by Crippen LogP contribution is -2.18. The van der Waals surface area contributed by atoms with E-state index in [1.165, 1.54) is 17.8 Å². The third-order valence-corrected chi connectivity index (χ3v) is 3.90. The fourth-order valence-electron chi connectivity index (χ4n) is 2.29. The molecule has 3 rings (SSSR count). The molecule has 1 aromatic heterocycles. The summed E-state index contributed by atoms with van der Waals surface area (Å²) in [5.41, 5.74) is 6.87. The molecule has 0 spiro atoms. The molecule has 0 saturated heterocycles. The molecular weight excluding hydrogens is 319 g/mol. The molecule has 3 aromatic rings. The van der Waals surface area contributed by atoms with Gasteiger partial charge < -0.3 is 0 Å². The Bertz CT molecular complexity index is 946. The van der Waals surface area contributed by atoms with Gasteiger partial charge in [-0.25, -0.2) is 9.82 Å². The first-order valence-corrected chi connectivity index (χ1v) is 7.75. The molecule has 1 amide bonds. The van der Waals surface area contributed by atoms with Crippen molar-refractivity contribution in [3.05, 3.63) is 76.7 Å². The lowest BCUT2D eigenvalue weighted by Gasteiger charge is -2.01. The van der Waals surface area contributed by atoms with E-state index in [0.29, 0.717) is 11.3 Å². The molecule has 0 unspecified atom stereocenters. The van der Waals surface area contributed by atoms with Crippen LogP contribution in [0.3, 0.4) is 0 Å². The van der Waals surface area contributed by atoms with Gasteiger partial charge in [0.1, 0.15) is 11.5 Å². The van der Waals surface area contributed by atoms with E-state index in [1.54, 1.807) is 24.3 Å². The molecule has 0 aliphatic heterocycles. The fraction of sp³-hybridized carbons (Fsp3) is 0.105. The van der Waals surface area contributed by atoms with Crippen LogP contribution >= 0.6 is 0 Å². The van der Waals surface area contributed by atoms with Crippen LogP contribution in [0.5, 0.6) is 0 Å². The standard InChI is InChI=1S/C19H17FN4O/c1-12-7-8-14(9-13(12)2)17-10-18(23-22-17)19(25)24-21-11-15-5-3-4-6-16(15)20/h3-11H,1-2H3,(H,22,23)(H,24,25)/b21-11-. The first kappa shape index (κ1) is 16.6. The Kier molecular flexibility index (Phi) is 4.70. The number of H-pyrrole nitrogens is 1. The van der Waals surface area contributed by atoms with Gasteiger partial charge in [-0.05, 0) is 43.2 Å². The van der Waals surface area contributed by atoms with Crippen molar-refractivity contribution in [3.8, 4) is 11.3 Å². The van der Waals surface area contributed by atoms with E-state index in [-0.39, 0.29) is 5.69 Å². The highest BCUT2D eigenvalue weighted by Crippen LogP contribution is 2.20. The molecule has 1 heterocycles. The number of amides is 1. The molecule has 2 N–H and O–H groups in total. The molecule has 25 heavy (non-hydrogen) atoms. The van der Waals surface area contributed by atoms with E-state index in [1.807, 2.05) is 32.0 Å². The van der Waals surface area contributed by atoms with Crippen molar-refractivity contribution >= 4 is 12.1 Å². The number of carbonyl (C=O) groups excluding carboxylic acids is 1. The largest absolute Gasteiger partial charge is 0.289 e. The highest BCUT2D eigenvalue weighted by Gasteiger charge is 2.11. The molecule has 0 atom stereocenters. The van der Waals surface area contributed by atoms with Crippen LogP contribution in [-0.4, -0.2) is 22.3 Å². The molecular formula is C19H17FN4O. The number of nitrogens with one attached hydrogen (secondary N) is 2. The van der Waals surface area contributed by atoms with Crippen LogP contribution in [-0.2, 0) is 0 Å². The zero-order chi connectivity index (χ0) is 17.8. The predicted molar refractivity (Wildman–Crippen MR) is 95.0 cm³/mol. The summed E-state index contributed by atoms with van der Waals surface area (Å²) < 4.78 is 13.5. The molecule has 0 radical (unpaired) electrons. The number of nitrogens with zero attached hydrogens (tertiary/aromatic N) is 2. The molecule has 5 nitrogen and oxygen atoms in total. The van der Waals surface area contributed by atoms with Gasteiger partial charge in [0.2, 0.25) is 0 Å². The van der Waals surface area contributed by atoms with Crippen LogP contribution in [0.25, 0.3) is 11.3 Å². The minimum Gasteiger partial charge on any atom is -0.272 e. The highest BCUT2D eigenvalue weighted by atomic mass is 19.1. The van der Waals surface area contributed by atoms with Gasteiger partial charge in [-0.15, -0.1) is 0 Å². The molecule has 0 saturated carbocycles. The maximum absolute atomic E-state index is 13.5. The van der Waals surface area contributed by atoms with Gasteiger partial charge >= 0.3 is 0 Å². The van der Waals surface area contributed by atoms with Crippen molar-refractivity contribution < 1.29 is 9.18 Å². The number of carbonyl (C=O) groups is 1. The normalized spacial score (nSPS) is 11.0. The number of hydrogen-bond acceptors (Lipinski definition) is 3. The molecule has 126 valence electrons. The van der Waals surface area contributed by atoms with E-state index >= 15 is 0 Å². The van der Waals surface area contributed by atoms with E-state index in [4.69, 9.17) is 0 Å². The highest BCUT2D eigenvalue weighted by molar-refractivity contribution is 5.94. The molecule has 0 bridgehead atoms. The Balaban J connectivity index is 1.70. The SMILES string of the molecule is Cc1ccc(-c2cc(C(=O)N/N=C\c3ccccc3F)[nH]n2)cc1C. The Labute approximate surface area is 144 Å². The maximum atomic E-state index is 13.5. The summed E-state index contributed by atoms with van der Waals surface area (Å²) in [6.45, 7) is 4.06. The quantitative estimate of drug-likeness (QED) is 0.564. The van der Waals surface area contributed by atoms with Crippen molar-refractivity contribution in [3.63, 3.8) is 0 Å². The van der Waals surface area contributed by atoms with Crippen LogP contribution in [0, 0.1) is 19.7 Å². The van der Waals surface area contributed by atoms with Crippen molar-refractivity contribution in [2.24, 2.45) is 5.10 Å². The summed E-state index contributed by atoms with van der Waals surface area (Å²) >= 11 is 0. The minimum absolute atomic E-state index is 0.277. The van der Waals surface area contributed by atoms with Crippen molar-refractivity contribution in [1.82, 2.24) is 15.6 Å². The third-order valence-electron chi connectivity index (χ3n) is 3.90. The smallest absolute Gasteiger partial charge is 0.272 e. The number of hydrazone groups is 1. The van der Waals surface area contributed by atoms with Gasteiger partial charge in [0.25, 0.3) is 5.91 Å². The number of halogens is 1. The number of benzene rings is 2. The van der Waals surface area contributed by atoms with Gasteiger partial charge in [0.05, 0.1) is 11.9 Å². The van der Waals surface area contributed by atoms with Gasteiger partial charge in [0.15, 0.2) is 0 Å². The third kappa shape index (κ3) is 3.80. The van der Waals surface area contributed by atoms with E-state index in [0.717, 1.165) is 11.1 Å². The Morgan fingerprint density at radius 3 is 2.72 bits per heavy atom. The average molecular weight is 336 g/mol. The van der Waals surface area contributed by atoms with Crippen molar-refractivity contribution in [1.29, 1.82) is 0 Å². The summed E-state index contributed by atoms with van der Waals surface area (Å²) in [5.74, 6) is -0.853. The summed E-state index contributed by atoms with van der Waals surface area (Å²) in [6, 6.07) is 13.8. The minimum atomic E-state index is -0.449. The second kappa shape index (κ2) is 7.09. The van der Waals surface area contributed by atoms with E-state index in [9.17, 15) is 9.18 Å². The number of aromatic nitrogens is 2. The lowest BCUT2D eigenvalue weighted by molar-refractivity contribution is 0.0950. The van der Waals surface area contributed by atoms with Gasteiger partial charge in [-0.3, -0.25) is 9.89 Å². The predicted octanol–water partition coefficient (Wildman–Crippen LogP) is 3.60. The zero-order valence-electron chi connectivity index (χ0n) is 13.9. The molecule has 0 fully saturated rings. The van der Waals surface area contributed by atoms with Gasteiger partial charge in [-0.1, -0.05) is 30.3 Å². The van der Waals surface area contributed by atoms with Crippen LogP contribution in [0.4, 0.5) is 4.39 Å². The van der Waals surface area contributed by atoms with Crippen LogP contribution in [0.2, 0.25) is 0 Å². The first-order chi connectivity index (χ1) is 12.0. The monoisotopic (exact) mass is 336 g/mol. The number of hydrogen-bond donors (Lipinski definition) is 2. The number of aryl methyl sites for hydroxylation is 2. The summed E-state index contributed by atoms with van der Waals surface area (Å²) in [6.07, 6.45) is 1.26. The topological polar surface area (TPSA) is 70.1 Å². The lowest BCUT2D eigenvalue weighted by atomic mass is 10.0. The van der Waals surface area contributed by atoms with E-state index < -0.39 is 11.7 Å². The van der Waals surface area contributed by atoms with E-state index in [2.05, 4.69) is 20.7 Å². The van der Waals surface area contributed by atoms with Gasteiger partial charge in [0, 0.05) is 11.1 Å². The maximum Gasteiger partial charge on any atom is 0.289 e. The molecule has 2 aromatic carbocycles. The molecule has 6 heteroatoms. The second-order valence-electron chi connectivity index (χ2n) is 5.69. The Hall–Kier alpha value is -3.28. The van der Waals surface area contributed by atoms with Crippen molar-refractivity contribution in [2.75, 3.05) is 0 Å². The summed E-state index contributed by atoms with van der Waals surface area (Å²) in [4.78, 5) is 12.1. The molecule has 0 aliphatic rings. The van der Waals surface area contributed by atoms with Gasteiger partial charge in [-0.2, -0.15) is 10.2 Å². The average Bonchev–Trinajstić information content (AvgIpc) is 3.09. The first-order valence-electron chi connectivity index (χ1n) is 7.75. The molecule has 0 aliphatic carbocycles. The number of rotatable bonds is 4. The second-order valence-corrected chi connectivity index (χ2v) is 5.69. The van der Waals surface area contributed by atoms with Crippen LogP contribution in [0.15, 0.2) is 53.6 Å². The number of aromatic amines is 1. The Morgan fingerprint density at radius 2 is 1.96 bits per heavy atom. The van der Waals surface area contributed by atoms with Crippen LogP contribution in [0.1, 0.15) is 27.2 Å². The summed E-state index contributed by atoms with van der Waals surface area (Å²) in [5, 5.41) is 10.6. The fourth-order valence-corrected chi connectivity index (χ4v) is 2.29. The summed E-state index contributed by atoms with van der Waals surface area (Å²) in [7, 11) is 0.